The second kappa shape index (κ2) is 6.63. The molecule has 1 aliphatic rings. The summed E-state index contributed by atoms with van der Waals surface area (Å²) in [4.78, 5) is 16.8. The number of anilines is 1. The van der Waals surface area contributed by atoms with E-state index in [9.17, 15) is 4.79 Å². The Kier molecular flexibility index (Phi) is 4.60. The van der Waals surface area contributed by atoms with Crippen LogP contribution in [-0.4, -0.2) is 17.4 Å². The van der Waals surface area contributed by atoms with E-state index < -0.39 is 0 Å². The Morgan fingerprint density at radius 3 is 2.73 bits per heavy atom. The normalized spacial score (nSPS) is 21.7. The predicted octanol–water partition coefficient (Wildman–Crippen LogP) is 3.59. The number of pyridine rings is 1. The maximum atomic E-state index is 12.3. The average molecular weight is 318 g/mol. The van der Waals surface area contributed by atoms with E-state index in [1.165, 1.54) is 0 Å². The maximum absolute atomic E-state index is 12.3. The van der Waals surface area contributed by atoms with Gasteiger partial charge in [-0.15, -0.1) is 0 Å². The van der Waals surface area contributed by atoms with Gasteiger partial charge >= 0.3 is 0 Å². The Hall–Kier alpha value is -1.65. The zero-order valence-electron chi connectivity index (χ0n) is 12.4. The molecule has 0 aliphatic heterocycles. The third kappa shape index (κ3) is 3.39. The van der Waals surface area contributed by atoms with E-state index in [1.807, 2.05) is 24.3 Å². The highest BCUT2D eigenvalue weighted by Gasteiger charge is 2.25. The van der Waals surface area contributed by atoms with Crippen molar-refractivity contribution in [3.05, 3.63) is 35.4 Å². The van der Waals surface area contributed by atoms with Crippen LogP contribution in [-0.2, 0) is 4.79 Å². The maximum Gasteiger partial charge on any atom is 0.228 e. The smallest absolute Gasteiger partial charge is 0.228 e. The number of hydrogen-bond acceptors (Lipinski definition) is 3. The van der Waals surface area contributed by atoms with Crippen LogP contribution in [0.5, 0.6) is 0 Å². The number of amides is 1. The fourth-order valence-electron chi connectivity index (χ4n) is 3.05. The summed E-state index contributed by atoms with van der Waals surface area (Å²) < 4.78 is 0. The molecule has 0 atom stereocenters. The van der Waals surface area contributed by atoms with E-state index in [0.29, 0.717) is 16.8 Å². The molecule has 4 nitrogen and oxygen atoms in total. The Bertz CT molecular complexity index is 681. The first-order valence-corrected chi connectivity index (χ1v) is 8.11. The third-order valence-electron chi connectivity index (χ3n) is 4.45. The first kappa shape index (κ1) is 15.3. The Morgan fingerprint density at radius 1 is 1.23 bits per heavy atom. The molecule has 2 aromatic rings. The van der Waals surface area contributed by atoms with Crippen molar-refractivity contribution in [2.75, 3.05) is 11.9 Å². The van der Waals surface area contributed by atoms with Gasteiger partial charge in [-0.05, 0) is 68.5 Å². The van der Waals surface area contributed by atoms with E-state index >= 15 is 0 Å². The number of halogens is 1. The SMILES string of the molecule is NCC1CCC(C(=O)Nc2ccc3cc(Cl)ccc3n2)CC1. The molecular weight excluding hydrogens is 298 g/mol. The van der Waals surface area contributed by atoms with E-state index in [2.05, 4.69) is 10.3 Å². The summed E-state index contributed by atoms with van der Waals surface area (Å²) in [5.41, 5.74) is 6.52. The van der Waals surface area contributed by atoms with Gasteiger partial charge in [0.1, 0.15) is 5.82 Å². The molecule has 1 heterocycles. The Balaban J connectivity index is 1.68. The number of rotatable bonds is 3. The second-order valence-corrected chi connectivity index (χ2v) is 6.41. The first-order valence-electron chi connectivity index (χ1n) is 7.73. The summed E-state index contributed by atoms with van der Waals surface area (Å²) in [5, 5.41) is 4.59. The van der Waals surface area contributed by atoms with Crippen LogP contribution in [0.15, 0.2) is 30.3 Å². The van der Waals surface area contributed by atoms with Gasteiger partial charge in [-0.25, -0.2) is 4.98 Å². The molecule has 22 heavy (non-hydrogen) atoms. The number of nitrogens with one attached hydrogen (secondary N) is 1. The highest BCUT2D eigenvalue weighted by atomic mass is 35.5. The standard InChI is InChI=1S/C17H20ClN3O/c18-14-6-7-15-13(9-14)5-8-16(20-15)21-17(22)12-3-1-11(10-19)2-4-12/h5-9,11-12H,1-4,10,19H2,(H,20,21,22). The van der Waals surface area contributed by atoms with Gasteiger partial charge in [0.25, 0.3) is 0 Å². The van der Waals surface area contributed by atoms with Gasteiger partial charge < -0.3 is 11.1 Å². The average Bonchev–Trinajstić information content (AvgIpc) is 2.55. The lowest BCUT2D eigenvalue weighted by atomic mass is 9.81. The molecule has 1 fully saturated rings. The van der Waals surface area contributed by atoms with Crippen molar-refractivity contribution in [2.45, 2.75) is 25.7 Å². The molecule has 0 radical (unpaired) electrons. The third-order valence-corrected chi connectivity index (χ3v) is 4.69. The molecule has 3 N–H and O–H groups in total. The monoisotopic (exact) mass is 317 g/mol. The van der Waals surface area contributed by atoms with Crippen molar-refractivity contribution in [1.82, 2.24) is 4.98 Å². The molecule has 1 saturated carbocycles. The molecule has 0 spiro atoms. The number of carbonyl (C=O) groups excluding carboxylic acids is 1. The molecule has 0 unspecified atom stereocenters. The van der Waals surface area contributed by atoms with Gasteiger partial charge in [0, 0.05) is 16.3 Å². The topological polar surface area (TPSA) is 68.0 Å². The highest BCUT2D eigenvalue weighted by molar-refractivity contribution is 6.31. The molecular formula is C17H20ClN3O. The minimum absolute atomic E-state index is 0.0660. The first-order chi connectivity index (χ1) is 10.7. The van der Waals surface area contributed by atoms with Crippen molar-refractivity contribution in [1.29, 1.82) is 0 Å². The number of hydrogen-bond donors (Lipinski definition) is 2. The number of nitrogens with two attached hydrogens (primary N) is 1. The summed E-state index contributed by atoms with van der Waals surface area (Å²) in [6, 6.07) is 9.27. The number of nitrogens with zero attached hydrogens (tertiary/aromatic N) is 1. The Morgan fingerprint density at radius 2 is 2.00 bits per heavy atom. The lowest BCUT2D eigenvalue weighted by Crippen LogP contribution is -2.29. The minimum atomic E-state index is 0.0660. The van der Waals surface area contributed by atoms with Crippen molar-refractivity contribution >= 4 is 34.2 Å². The van der Waals surface area contributed by atoms with Gasteiger partial charge in [-0.2, -0.15) is 0 Å². The van der Waals surface area contributed by atoms with Gasteiger partial charge in [0.05, 0.1) is 5.52 Å². The lowest BCUT2D eigenvalue weighted by Gasteiger charge is -2.26. The Labute approximate surface area is 135 Å². The summed E-state index contributed by atoms with van der Waals surface area (Å²) in [6.45, 7) is 0.725. The molecule has 1 aromatic carbocycles. The van der Waals surface area contributed by atoms with E-state index in [0.717, 1.165) is 43.1 Å². The zero-order valence-corrected chi connectivity index (χ0v) is 13.1. The van der Waals surface area contributed by atoms with E-state index in [4.69, 9.17) is 17.3 Å². The van der Waals surface area contributed by atoms with Crippen LogP contribution in [0.4, 0.5) is 5.82 Å². The molecule has 1 amide bonds. The van der Waals surface area contributed by atoms with Crippen LogP contribution >= 0.6 is 11.6 Å². The molecule has 5 heteroatoms. The van der Waals surface area contributed by atoms with Crippen molar-refractivity contribution in [3.63, 3.8) is 0 Å². The van der Waals surface area contributed by atoms with Gasteiger partial charge in [0.2, 0.25) is 5.91 Å². The van der Waals surface area contributed by atoms with Crippen LogP contribution in [0.25, 0.3) is 10.9 Å². The number of carbonyl (C=O) groups is 1. The highest BCUT2D eigenvalue weighted by Crippen LogP contribution is 2.29. The predicted molar refractivity (Wildman–Crippen MR) is 89.9 cm³/mol. The van der Waals surface area contributed by atoms with Crippen molar-refractivity contribution in [2.24, 2.45) is 17.6 Å². The van der Waals surface area contributed by atoms with E-state index in [1.54, 1.807) is 6.07 Å². The van der Waals surface area contributed by atoms with Crippen LogP contribution in [0.2, 0.25) is 5.02 Å². The van der Waals surface area contributed by atoms with Crippen LogP contribution in [0.3, 0.4) is 0 Å². The quantitative estimate of drug-likeness (QED) is 0.909. The van der Waals surface area contributed by atoms with Gasteiger partial charge in [-0.1, -0.05) is 11.6 Å². The van der Waals surface area contributed by atoms with Crippen LogP contribution < -0.4 is 11.1 Å². The van der Waals surface area contributed by atoms with Gasteiger partial charge in [-0.3, -0.25) is 4.79 Å². The molecule has 1 aliphatic carbocycles. The molecule has 0 bridgehead atoms. The fraction of sp³-hybridized carbons (Fsp3) is 0.412. The van der Waals surface area contributed by atoms with Crippen molar-refractivity contribution < 1.29 is 4.79 Å². The molecule has 3 rings (SSSR count). The van der Waals surface area contributed by atoms with Gasteiger partial charge in [0.15, 0.2) is 0 Å². The zero-order chi connectivity index (χ0) is 15.5. The summed E-state index contributed by atoms with van der Waals surface area (Å²) >= 11 is 5.96. The van der Waals surface area contributed by atoms with E-state index in [-0.39, 0.29) is 11.8 Å². The summed E-state index contributed by atoms with van der Waals surface area (Å²) in [5.74, 6) is 1.31. The van der Waals surface area contributed by atoms with Crippen LogP contribution in [0.1, 0.15) is 25.7 Å². The van der Waals surface area contributed by atoms with Crippen molar-refractivity contribution in [3.8, 4) is 0 Å². The minimum Gasteiger partial charge on any atom is -0.330 e. The second-order valence-electron chi connectivity index (χ2n) is 5.98. The molecule has 0 saturated heterocycles. The number of fused-ring (bicyclic) bond motifs is 1. The number of aromatic nitrogens is 1. The number of benzene rings is 1. The molecule has 116 valence electrons. The van der Waals surface area contributed by atoms with Crippen LogP contribution in [0, 0.1) is 11.8 Å². The fourth-order valence-corrected chi connectivity index (χ4v) is 3.24. The summed E-state index contributed by atoms with van der Waals surface area (Å²) in [6.07, 6.45) is 3.91. The summed E-state index contributed by atoms with van der Waals surface area (Å²) in [7, 11) is 0. The molecule has 1 aromatic heterocycles. The lowest BCUT2D eigenvalue weighted by molar-refractivity contribution is -0.121. The largest absolute Gasteiger partial charge is 0.330 e.